The fraction of sp³-hybridized carbons (Fsp3) is 0.333. The highest BCUT2D eigenvalue weighted by molar-refractivity contribution is 5.85. The van der Waals surface area contributed by atoms with Gasteiger partial charge in [-0.25, -0.2) is 13.2 Å². The van der Waals surface area contributed by atoms with Crippen LogP contribution in [0.2, 0.25) is 0 Å². The van der Waals surface area contributed by atoms with Crippen molar-refractivity contribution in [3.63, 3.8) is 0 Å². The molecule has 5 heteroatoms. The topological polar surface area (TPSA) is 26.0 Å². The van der Waals surface area contributed by atoms with E-state index in [0.717, 1.165) is 6.07 Å². The van der Waals surface area contributed by atoms with Crippen molar-refractivity contribution in [3.8, 4) is 0 Å². The van der Waals surface area contributed by atoms with Gasteiger partial charge in [0.15, 0.2) is 11.6 Å². The average molecular weight is 224 g/mol. The molecule has 2 rings (SSSR count). The minimum absolute atomic E-state index is 0. The summed E-state index contributed by atoms with van der Waals surface area (Å²) in [7, 11) is 0. The van der Waals surface area contributed by atoms with Crippen molar-refractivity contribution < 1.29 is 13.2 Å². The van der Waals surface area contributed by atoms with Gasteiger partial charge in [0.1, 0.15) is 5.82 Å². The summed E-state index contributed by atoms with van der Waals surface area (Å²) in [5.41, 5.74) is 4.97. The van der Waals surface area contributed by atoms with Gasteiger partial charge in [-0.1, -0.05) is 0 Å². The zero-order chi connectivity index (χ0) is 9.64. The molecule has 1 fully saturated rings. The second-order valence-corrected chi connectivity index (χ2v) is 3.40. The molecule has 0 spiro atoms. The van der Waals surface area contributed by atoms with Crippen LogP contribution in [-0.4, -0.2) is 0 Å². The van der Waals surface area contributed by atoms with Crippen LogP contribution in [0.3, 0.4) is 0 Å². The molecular weight excluding hydrogens is 215 g/mol. The molecule has 0 bridgehead atoms. The molecule has 0 atom stereocenters. The Bertz CT molecular complexity index is 363. The van der Waals surface area contributed by atoms with E-state index in [1.807, 2.05) is 0 Å². The van der Waals surface area contributed by atoms with Gasteiger partial charge in [-0.2, -0.15) is 0 Å². The molecule has 78 valence electrons. The molecule has 0 aromatic heterocycles. The van der Waals surface area contributed by atoms with Crippen molar-refractivity contribution in [1.29, 1.82) is 0 Å². The summed E-state index contributed by atoms with van der Waals surface area (Å²) in [6.07, 6.45) is 1.24. The van der Waals surface area contributed by atoms with E-state index in [2.05, 4.69) is 0 Å². The van der Waals surface area contributed by atoms with Crippen molar-refractivity contribution in [3.05, 3.63) is 35.1 Å². The SMILES string of the molecule is Cl.NC1(c2cc(F)c(F)cc2F)CC1. The fourth-order valence-corrected chi connectivity index (χ4v) is 1.31. The molecule has 1 nitrogen and oxygen atoms in total. The summed E-state index contributed by atoms with van der Waals surface area (Å²) in [6, 6.07) is 1.38. The Kier molecular flexibility index (Phi) is 2.78. The summed E-state index contributed by atoms with van der Waals surface area (Å²) in [5.74, 6) is -2.99. The lowest BCUT2D eigenvalue weighted by atomic mass is 10.1. The van der Waals surface area contributed by atoms with E-state index in [9.17, 15) is 13.2 Å². The standard InChI is InChI=1S/C9H8F3N.ClH/c10-6-4-8(12)7(11)3-5(6)9(13)1-2-9;/h3-4H,1-2,13H2;1H. The van der Waals surface area contributed by atoms with Gasteiger partial charge in [0, 0.05) is 17.2 Å². The molecular formula is C9H9ClF3N. The van der Waals surface area contributed by atoms with Crippen LogP contribution < -0.4 is 5.73 Å². The van der Waals surface area contributed by atoms with Gasteiger partial charge in [-0.3, -0.25) is 0 Å². The molecule has 0 unspecified atom stereocenters. The van der Waals surface area contributed by atoms with Crippen LogP contribution in [0.1, 0.15) is 18.4 Å². The van der Waals surface area contributed by atoms with Gasteiger partial charge in [0.05, 0.1) is 0 Å². The Morgan fingerprint density at radius 3 is 2.00 bits per heavy atom. The molecule has 0 aliphatic heterocycles. The number of hydrogen-bond acceptors (Lipinski definition) is 1. The third kappa shape index (κ3) is 1.72. The maximum absolute atomic E-state index is 13.1. The lowest BCUT2D eigenvalue weighted by Crippen LogP contribution is -2.20. The first-order valence-corrected chi connectivity index (χ1v) is 3.97. The van der Waals surface area contributed by atoms with Crippen LogP contribution in [0.25, 0.3) is 0 Å². The average Bonchev–Trinajstić information content (AvgIpc) is 2.77. The van der Waals surface area contributed by atoms with Crippen molar-refractivity contribution in [2.45, 2.75) is 18.4 Å². The molecule has 1 aromatic rings. The quantitative estimate of drug-likeness (QED) is 0.728. The van der Waals surface area contributed by atoms with Crippen LogP contribution in [0.4, 0.5) is 13.2 Å². The monoisotopic (exact) mass is 223 g/mol. The van der Waals surface area contributed by atoms with E-state index in [1.54, 1.807) is 0 Å². The lowest BCUT2D eigenvalue weighted by Gasteiger charge is -2.10. The number of nitrogens with two attached hydrogens (primary N) is 1. The van der Waals surface area contributed by atoms with Gasteiger partial charge in [0.2, 0.25) is 0 Å². The molecule has 1 saturated carbocycles. The highest BCUT2D eigenvalue weighted by Gasteiger charge is 2.42. The second-order valence-electron chi connectivity index (χ2n) is 3.40. The van der Waals surface area contributed by atoms with Gasteiger partial charge in [-0.15, -0.1) is 12.4 Å². The van der Waals surface area contributed by atoms with Crippen LogP contribution >= 0.6 is 12.4 Å². The summed E-state index contributed by atoms with van der Waals surface area (Å²) >= 11 is 0. The minimum Gasteiger partial charge on any atom is -0.321 e. The second kappa shape index (κ2) is 3.44. The lowest BCUT2D eigenvalue weighted by molar-refractivity contribution is 0.483. The first-order valence-electron chi connectivity index (χ1n) is 3.97. The molecule has 1 aromatic carbocycles. The van der Waals surface area contributed by atoms with Crippen LogP contribution in [0.5, 0.6) is 0 Å². The highest BCUT2D eigenvalue weighted by Crippen LogP contribution is 2.43. The van der Waals surface area contributed by atoms with Crippen molar-refractivity contribution in [2.75, 3.05) is 0 Å². The van der Waals surface area contributed by atoms with Crippen LogP contribution in [0.15, 0.2) is 12.1 Å². The predicted octanol–water partition coefficient (Wildman–Crippen LogP) is 2.47. The molecule has 1 aliphatic carbocycles. The minimum atomic E-state index is -1.18. The third-order valence-corrected chi connectivity index (χ3v) is 2.34. The molecule has 0 saturated heterocycles. The first-order chi connectivity index (χ1) is 6.03. The number of halogens is 4. The fourth-order valence-electron chi connectivity index (χ4n) is 1.31. The molecule has 0 radical (unpaired) electrons. The summed E-state index contributed by atoms with van der Waals surface area (Å²) < 4.78 is 38.3. The highest BCUT2D eigenvalue weighted by atomic mass is 35.5. The first kappa shape index (κ1) is 11.3. The Morgan fingerprint density at radius 2 is 1.50 bits per heavy atom. The molecule has 1 aliphatic rings. The largest absolute Gasteiger partial charge is 0.321 e. The van der Waals surface area contributed by atoms with Crippen LogP contribution in [0, 0.1) is 17.5 Å². The smallest absolute Gasteiger partial charge is 0.161 e. The maximum Gasteiger partial charge on any atom is 0.161 e. The third-order valence-electron chi connectivity index (χ3n) is 2.34. The van der Waals surface area contributed by atoms with E-state index in [4.69, 9.17) is 5.73 Å². The molecule has 14 heavy (non-hydrogen) atoms. The molecule has 2 N–H and O–H groups in total. The number of benzene rings is 1. The van der Waals surface area contributed by atoms with Gasteiger partial charge >= 0.3 is 0 Å². The van der Waals surface area contributed by atoms with E-state index in [-0.39, 0.29) is 18.0 Å². The Hall–Kier alpha value is -0.740. The number of hydrogen-bond donors (Lipinski definition) is 1. The van der Waals surface area contributed by atoms with Gasteiger partial charge in [0.25, 0.3) is 0 Å². The maximum atomic E-state index is 13.1. The predicted molar refractivity (Wildman–Crippen MR) is 48.7 cm³/mol. The Morgan fingerprint density at radius 1 is 1.00 bits per heavy atom. The van der Waals surface area contributed by atoms with E-state index in [0.29, 0.717) is 18.9 Å². The molecule has 0 heterocycles. The van der Waals surface area contributed by atoms with E-state index in [1.165, 1.54) is 0 Å². The summed E-state index contributed by atoms with van der Waals surface area (Å²) in [6.45, 7) is 0. The summed E-state index contributed by atoms with van der Waals surface area (Å²) in [4.78, 5) is 0. The number of rotatable bonds is 1. The zero-order valence-corrected chi connectivity index (χ0v) is 8.00. The van der Waals surface area contributed by atoms with E-state index >= 15 is 0 Å². The van der Waals surface area contributed by atoms with Crippen molar-refractivity contribution >= 4 is 12.4 Å². The molecule has 0 amide bonds. The van der Waals surface area contributed by atoms with Crippen LogP contribution in [-0.2, 0) is 5.54 Å². The normalized spacial score (nSPS) is 17.4. The Labute approximate surface area is 85.5 Å². The van der Waals surface area contributed by atoms with Gasteiger partial charge < -0.3 is 5.73 Å². The Balaban J connectivity index is 0.000000980. The zero-order valence-electron chi connectivity index (χ0n) is 7.19. The van der Waals surface area contributed by atoms with Gasteiger partial charge in [-0.05, 0) is 18.9 Å². The summed E-state index contributed by atoms with van der Waals surface area (Å²) in [5, 5.41) is 0. The van der Waals surface area contributed by atoms with Crippen molar-refractivity contribution in [2.24, 2.45) is 5.73 Å². The van der Waals surface area contributed by atoms with E-state index < -0.39 is 23.0 Å². The van der Waals surface area contributed by atoms with Crippen molar-refractivity contribution in [1.82, 2.24) is 0 Å².